The van der Waals surface area contributed by atoms with Gasteiger partial charge in [0.15, 0.2) is 0 Å². The standard InChI is InChI=1S/C11H20O3/c1-8-3-4-11(14-8)7-10(5-6-12)9(2)13/h8,10-12H,3-7H2,1-2H3. The highest BCUT2D eigenvalue weighted by atomic mass is 16.5. The molecule has 3 nitrogen and oxygen atoms in total. The van der Waals surface area contributed by atoms with Gasteiger partial charge in [-0.25, -0.2) is 0 Å². The Labute approximate surface area is 85.5 Å². The summed E-state index contributed by atoms with van der Waals surface area (Å²) in [6.45, 7) is 3.75. The number of rotatable bonds is 5. The molecule has 0 aromatic rings. The van der Waals surface area contributed by atoms with Crippen LogP contribution in [0.5, 0.6) is 0 Å². The highest BCUT2D eigenvalue weighted by molar-refractivity contribution is 5.78. The van der Waals surface area contributed by atoms with Crippen molar-refractivity contribution in [2.45, 2.75) is 51.7 Å². The van der Waals surface area contributed by atoms with Crippen molar-refractivity contribution in [2.75, 3.05) is 6.61 Å². The molecule has 3 heteroatoms. The number of hydrogen-bond donors (Lipinski definition) is 1. The van der Waals surface area contributed by atoms with E-state index >= 15 is 0 Å². The first-order valence-corrected chi connectivity index (χ1v) is 5.40. The molecule has 1 aliphatic heterocycles. The van der Waals surface area contributed by atoms with E-state index in [1.54, 1.807) is 6.92 Å². The smallest absolute Gasteiger partial charge is 0.133 e. The Morgan fingerprint density at radius 1 is 1.57 bits per heavy atom. The van der Waals surface area contributed by atoms with Gasteiger partial charge < -0.3 is 9.84 Å². The molecular weight excluding hydrogens is 180 g/mol. The molecule has 0 radical (unpaired) electrons. The van der Waals surface area contributed by atoms with E-state index in [1.807, 2.05) is 0 Å². The second kappa shape index (κ2) is 5.47. The number of carbonyl (C=O) groups is 1. The number of Topliss-reactive ketones (excluding diaryl/α,β-unsaturated/α-hetero) is 1. The van der Waals surface area contributed by atoms with Gasteiger partial charge in [0.1, 0.15) is 5.78 Å². The van der Waals surface area contributed by atoms with Crippen molar-refractivity contribution >= 4 is 5.78 Å². The second-order valence-electron chi connectivity index (χ2n) is 4.20. The average molecular weight is 200 g/mol. The first kappa shape index (κ1) is 11.7. The van der Waals surface area contributed by atoms with Crippen molar-refractivity contribution in [1.82, 2.24) is 0 Å². The highest BCUT2D eigenvalue weighted by Crippen LogP contribution is 2.26. The Morgan fingerprint density at radius 2 is 2.29 bits per heavy atom. The fourth-order valence-electron chi connectivity index (χ4n) is 2.02. The number of hydrogen-bond acceptors (Lipinski definition) is 3. The van der Waals surface area contributed by atoms with Gasteiger partial charge in [-0.05, 0) is 39.5 Å². The molecule has 1 aliphatic rings. The van der Waals surface area contributed by atoms with Gasteiger partial charge in [0.05, 0.1) is 12.2 Å². The number of ketones is 1. The summed E-state index contributed by atoms with van der Waals surface area (Å²) in [5.41, 5.74) is 0. The van der Waals surface area contributed by atoms with Crippen LogP contribution in [0.4, 0.5) is 0 Å². The van der Waals surface area contributed by atoms with E-state index in [4.69, 9.17) is 9.84 Å². The van der Waals surface area contributed by atoms with E-state index in [0.29, 0.717) is 12.5 Å². The molecule has 1 heterocycles. The van der Waals surface area contributed by atoms with E-state index < -0.39 is 0 Å². The predicted molar refractivity (Wildman–Crippen MR) is 54.1 cm³/mol. The topological polar surface area (TPSA) is 46.5 Å². The maximum Gasteiger partial charge on any atom is 0.133 e. The molecule has 3 atom stereocenters. The summed E-state index contributed by atoms with van der Waals surface area (Å²) < 4.78 is 5.65. The monoisotopic (exact) mass is 200 g/mol. The largest absolute Gasteiger partial charge is 0.396 e. The predicted octanol–water partition coefficient (Wildman–Crippen LogP) is 1.53. The summed E-state index contributed by atoms with van der Waals surface area (Å²) >= 11 is 0. The van der Waals surface area contributed by atoms with Crippen LogP contribution in [0.25, 0.3) is 0 Å². The number of aliphatic hydroxyl groups excluding tert-OH is 1. The van der Waals surface area contributed by atoms with Crippen LogP contribution in [0.1, 0.15) is 39.5 Å². The molecule has 14 heavy (non-hydrogen) atoms. The zero-order valence-corrected chi connectivity index (χ0v) is 9.03. The molecule has 0 aromatic heterocycles. The van der Waals surface area contributed by atoms with Crippen LogP contribution in [0.15, 0.2) is 0 Å². The quantitative estimate of drug-likeness (QED) is 0.732. The molecule has 0 bridgehead atoms. The van der Waals surface area contributed by atoms with Crippen LogP contribution >= 0.6 is 0 Å². The minimum atomic E-state index is -0.0182. The summed E-state index contributed by atoms with van der Waals surface area (Å²) in [4.78, 5) is 11.2. The molecule has 0 amide bonds. The lowest BCUT2D eigenvalue weighted by Gasteiger charge is -2.17. The second-order valence-corrected chi connectivity index (χ2v) is 4.20. The lowest BCUT2D eigenvalue weighted by Crippen LogP contribution is -2.20. The Hall–Kier alpha value is -0.410. The van der Waals surface area contributed by atoms with Crippen LogP contribution in [0.3, 0.4) is 0 Å². The third-order valence-electron chi connectivity index (χ3n) is 2.92. The van der Waals surface area contributed by atoms with Crippen molar-refractivity contribution in [2.24, 2.45) is 5.92 Å². The molecule has 0 spiro atoms. The zero-order valence-electron chi connectivity index (χ0n) is 9.03. The van der Waals surface area contributed by atoms with Crippen LogP contribution in [-0.2, 0) is 9.53 Å². The summed E-state index contributed by atoms with van der Waals surface area (Å²) in [5, 5.41) is 8.82. The Bertz CT molecular complexity index is 191. The van der Waals surface area contributed by atoms with Crippen LogP contribution in [0.2, 0.25) is 0 Å². The Kier molecular flexibility index (Phi) is 4.55. The summed E-state index contributed by atoms with van der Waals surface area (Å²) in [6, 6.07) is 0. The normalized spacial score (nSPS) is 29.1. The third kappa shape index (κ3) is 3.39. The molecule has 0 aliphatic carbocycles. The number of aliphatic hydroxyl groups is 1. The molecule has 0 aromatic carbocycles. The van der Waals surface area contributed by atoms with Gasteiger partial charge in [-0.15, -0.1) is 0 Å². The average Bonchev–Trinajstić information content (AvgIpc) is 2.50. The van der Waals surface area contributed by atoms with E-state index in [0.717, 1.165) is 19.3 Å². The van der Waals surface area contributed by atoms with Crippen molar-refractivity contribution in [1.29, 1.82) is 0 Å². The molecule has 0 saturated carbocycles. The van der Waals surface area contributed by atoms with Gasteiger partial charge in [0.2, 0.25) is 0 Å². The van der Waals surface area contributed by atoms with E-state index in [1.165, 1.54) is 0 Å². The van der Waals surface area contributed by atoms with E-state index in [9.17, 15) is 4.79 Å². The van der Waals surface area contributed by atoms with Crippen molar-refractivity contribution in [3.05, 3.63) is 0 Å². The highest BCUT2D eigenvalue weighted by Gasteiger charge is 2.26. The lowest BCUT2D eigenvalue weighted by molar-refractivity contribution is -0.122. The Balaban J connectivity index is 2.35. The zero-order chi connectivity index (χ0) is 10.6. The van der Waals surface area contributed by atoms with Crippen molar-refractivity contribution < 1.29 is 14.6 Å². The molecule has 1 N–H and O–H groups in total. The van der Waals surface area contributed by atoms with E-state index in [2.05, 4.69) is 6.92 Å². The van der Waals surface area contributed by atoms with Crippen LogP contribution in [-0.4, -0.2) is 29.7 Å². The molecule has 3 unspecified atom stereocenters. The molecule has 82 valence electrons. The first-order chi connectivity index (χ1) is 6.63. The molecular formula is C11H20O3. The molecule has 1 rings (SSSR count). The number of ether oxygens (including phenoxy) is 1. The summed E-state index contributed by atoms with van der Waals surface area (Å²) in [7, 11) is 0. The van der Waals surface area contributed by atoms with Gasteiger partial charge in [-0.1, -0.05) is 0 Å². The summed E-state index contributed by atoms with van der Waals surface area (Å²) in [5.74, 6) is 0.150. The van der Waals surface area contributed by atoms with Gasteiger partial charge in [0.25, 0.3) is 0 Å². The fourth-order valence-corrected chi connectivity index (χ4v) is 2.02. The van der Waals surface area contributed by atoms with Crippen LogP contribution < -0.4 is 0 Å². The molecule has 1 saturated heterocycles. The van der Waals surface area contributed by atoms with Gasteiger partial charge >= 0.3 is 0 Å². The minimum absolute atomic E-state index is 0.0182. The Morgan fingerprint density at radius 3 is 2.71 bits per heavy atom. The molecule has 1 fully saturated rings. The summed E-state index contributed by atoms with van der Waals surface area (Å²) in [6.07, 6.45) is 4.06. The lowest BCUT2D eigenvalue weighted by atomic mass is 9.93. The fraction of sp³-hybridized carbons (Fsp3) is 0.909. The van der Waals surface area contributed by atoms with E-state index in [-0.39, 0.29) is 24.4 Å². The third-order valence-corrected chi connectivity index (χ3v) is 2.92. The van der Waals surface area contributed by atoms with Crippen LogP contribution in [0, 0.1) is 5.92 Å². The first-order valence-electron chi connectivity index (χ1n) is 5.40. The minimum Gasteiger partial charge on any atom is -0.396 e. The number of carbonyl (C=O) groups excluding carboxylic acids is 1. The maximum atomic E-state index is 11.2. The van der Waals surface area contributed by atoms with Gasteiger partial charge in [0, 0.05) is 12.5 Å². The van der Waals surface area contributed by atoms with Crippen molar-refractivity contribution in [3.63, 3.8) is 0 Å². The maximum absolute atomic E-state index is 11.2. The van der Waals surface area contributed by atoms with Gasteiger partial charge in [-0.3, -0.25) is 4.79 Å². The van der Waals surface area contributed by atoms with Gasteiger partial charge in [-0.2, -0.15) is 0 Å². The van der Waals surface area contributed by atoms with Crippen molar-refractivity contribution in [3.8, 4) is 0 Å². The SMILES string of the molecule is CC(=O)C(CCO)CC1CCC(C)O1.